The first-order chi connectivity index (χ1) is 21.7. The fourth-order valence-electron chi connectivity index (χ4n) is 7.10. The maximum Gasteiger partial charge on any atom is 0.410 e. The van der Waals surface area contributed by atoms with Crippen LogP contribution in [0.3, 0.4) is 0 Å². The van der Waals surface area contributed by atoms with Gasteiger partial charge in [-0.1, -0.05) is 6.92 Å². The number of hydrogen-bond acceptors (Lipinski definition) is 8. The molecular formula is C36H50N4O5. The molecule has 0 radical (unpaired) electrons. The van der Waals surface area contributed by atoms with Crippen LogP contribution in [0.5, 0.6) is 11.5 Å². The molecule has 2 aromatic heterocycles. The van der Waals surface area contributed by atoms with Crippen LogP contribution in [-0.4, -0.2) is 79.0 Å². The number of furan rings is 1. The van der Waals surface area contributed by atoms with Gasteiger partial charge in [-0.05, 0) is 108 Å². The molecule has 0 bridgehead atoms. The molecule has 1 aromatic carbocycles. The third-order valence-electron chi connectivity index (χ3n) is 9.84. The molecule has 4 heterocycles. The molecule has 1 unspecified atom stereocenters. The quantitative estimate of drug-likeness (QED) is 0.233. The number of likely N-dealkylation sites (tertiary alicyclic amines) is 2. The normalized spacial score (nSPS) is 19.9. The van der Waals surface area contributed by atoms with Crippen LogP contribution < -0.4 is 14.8 Å². The number of rotatable bonds is 10. The topological polar surface area (TPSA) is 89.3 Å². The smallest absolute Gasteiger partial charge is 0.410 e. The molecule has 1 amide bonds. The zero-order valence-electron chi connectivity index (χ0n) is 27.7. The number of ether oxygens (including phenoxy) is 3. The average Bonchev–Trinajstić information content (AvgIpc) is 3.73. The minimum Gasteiger partial charge on any atom is -0.493 e. The standard InChI is InChI=1S/C36H50N4O5/c1-6-25-10-11-30(44-25)29-23-27(38-33-12-13-36(33)14-19-40(20-15-36)34(41)45-35(2,3)4)26-22-31(42-5)32(24-28(26)37-29)43-21-9-18-39-16-7-8-17-39/h10-11,22-24,33H,6-9,12-21H2,1-5H3,(H,37,38). The lowest BCUT2D eigenvalue weighted by Crippen LogP contribution is -2.56. The van der Waals surface area contributed by atoms with Crippen molar-refractivity contribution in [2.45, 2.75) is 90.7 Å². The van der Waals surface area contributed by atoms with E-state index < -0.39 is 5.60 Å². The highest BCUT2D eigenvalue weighted by atomic mass is 16.6. The van der Waals surface area contributed by atoms with Gasteiger partial charge < -0.3 is 33.7 Å². The lowest BCUT2D eigenvalue weighted by atomic mass is 9.59. The summed E-state index contributed by atoms with van der Waals surface area (Å²) in [6.07, 6.45) is 8.34. The molecule has 3 aliphatic rings. The van der Waals surface area contributed by atoms with Crippen molar-refractivity contribution in [2.75, 3.05) is 51.8 Å². The molecule has 9 nitrogen and oxygen atoms in total. The Morgan fingerprint density at radius 2 is 1.84 bits per heavy atom. The predicted octanol–water partition coefficient (Wildman–Crippen LogP) is 7.52. The maximum absolute atomic E-state index is 12.7. The van der Waals surface area contributed by atoms with Gasteiger partial charge in [-0.3, -0.25) is 0 Å². The number of benzene rings is 1. The third kappa shape index (κ3) is 7.03. The van der Waals surface area contributed by atoms with Crippen LogP contribution in [0.4, 0.5) is 10.5 Å². The highest BCUT2D eigenvalue weighted by Gasteiger charge is 2.49. The number of aromatic nitrogens is 1. The highest BCUT2D eigenvalue weighted by Crippen LogP contribution is 2.51. The molecule has 244 valence electrons. The summed E-state index contributed by atoms with van der Waals surface area (Å²) >= 11 is 0. The van der Waals surface area contributed by atoms with Gasteiger partial charge in [0.05, 0.1) is 19.2 Å². The first-order valence-electron chi connectivity index (χ1n) is 16.9. The molecule has 1 spiro atoms. The highest BCUT2D eigenvalue weighted by molar-refractivity contribution is 5.96. The van der Waals surface area contributed by atoms with Crippen LogP contribution in [0.1, 0.15) is 78.4 Å². The van der Waals surface area contributed by atoms with Crippen LogP contribution in [0.15, 0.2) is 34.7 Å². The number of nitrogens with one attached hydrogen (secondary N) is 1. The minimum atomic E-state index is -0.488. The number of methoxy groups -OCH3 is 1. The molecule has 1 saturated carbocycles. The summed E-state index contributed by atoms with van der Waals surface area (Å²) in [4.78, 5) is 22.2. The summed E-state index contributed by atoms with van der Waals surface area (Å²) < 4.78 is 23.9. The largest absolute Gasteiger partial charge is 0.493 e. The Balaban J connectivity index is 1.24. The molecule has 6 rings (SSSR count). The molecular weight excluding hydrogens is 568 g/mol. The molecule has 1 aliphatic carbocycles. The lowest BCUT2D eigenvalue weighted by Gasteiger charge is -2.54. The van der Waals surface area contributed by atoms with Crippen molar-refractivity contribution in [3.63, 3.8) is 0 Å². The minimum absolute atomic E-state index is 0.150. The zero-order valence-corrected chi connectivity index (χ0v) is 27.7. The van der Waals surface area contributed by atoms with Crippen LogP contribution in [0.25, 0.3) is 22.4 Å². The third-order valence-corrected chi connectivity index (χ3v) is 9.84. The van der Waals surface area contributed by atoms with Crippen LogP contribution in [0.2, 0.25) is 0 Å². The zero-order chi connectivity index (χ0) is 31.6. The Bertz CT molecular complexity index is 1480. The van der Waals surface area contributed by atoms with E-state index in [1.165, 1.54) is 25.9 Å². The average molecular weight is 619 g/mol. The molecule has 1 N–H and O–H groups in total. The Kier molecular flexibility index (Phi) is 9.18. The van der Waals surface area contributed by atoms with E-state index in [1.54, 1.807) is 7.11 Å². The first-order valence-corrected chi connectivity index (χ1v) is 16.9. The van der Waals surface area contributed by atoms with Crippen molar-refractivity contribution < 1.29 is 23.4 Å². The monoisotopic (exact) mass is 618 g/mol. The van der Waals surface area contributed by atoms with Crippen molar-refractivity contribution >= 4 is 22.7 Å². The summed E-state index contributed by atoms with van der Waals surface area (Å²) in [5.41, 5.74) is 2.31. The number of aryl methyl sites for hydroxylation is 1. The number of fused-ring (bicyclic) bond motifs is 1. The SMILES string of the molecule is CCc1ccc(-c2cc(NC3CCC34CCN(C(=O)OC(C)(C)C)CC4)c3cc(OC)c(OCCCN4CCCC4)cc3n2)o1. The fraction of sp³-hybridized carbons (Fsp3) is 0.611. The van der Waals surface area contributed by atoms with Gasteiger partial charge >= 0.3 is 6.09 Å². The second kappa shape index (κ2) is 13.1. The number of carbonyl (C=O) groups is 1. The molecule has 2 saturated heterocycles. The number of carbonyl (C=O) groups excluding carboxylic acids is 1. The summed E-state index contributed by atoms with van der Waals surface area (Å²) in [5.74, 6) is 3.12. The second-order valence-corrected chi connectivity index (χ2v) is 14.0. The van der Waals surface area contributed by atoms with Crippen LogP contribution in [-0.2, 0) is 11.2 Å². The Morgan fingerprint density at radius 1 is 1.07 bits per heavy atom. The van der Waals surface area contributed by atoms with Crippen molar-refractivity contribution in [3.8, 4) is 23.0 Å². The second-order valence-electron chi connectivity index (χ2n) is 14.0. The van der Waals surface area contributed by atoms with E-state index in [4.69, 9.17) is 23.6 Å². The van der Waals surface area contributed by atoms with Gasteiger partial charge in [0.25, 0.3) is 0 Å². The lowest BCUT2D eigenvalue weighted by molar-refractivity contribution is -0.0108. The van der Waals surface area contributed by atoms with Gasteiger partial charge in [0.1, 0.15) is 17.1 Å². The van der Waals surface area contributed by atoms with Crippen LogP contribution in [0, 0.1) is 5.41 Å². The van der Waals surface area contributed by atoms with E-state index in [0.717, 1.165) is 78.9 Å². The van der Waals surface area contributed by atoms with Crippen molar-refractivity contribution in [3.05, 3.63) is 36.1 Å². The predicted molar refractivity (Wildman–Crippen MR) is 177 cm³/mol. The summed E-state index contributed by atoms with van der Waals surface area (Å²) in [6.45, 7) is 13.4. The van der Waals surface area contributed by atoms with Gasteiger partial charge in [-0.15, -0.1) is 0 Å². The van der Waals surface area contributed by atoms with Crippen molar-refractivity contribution in [1.29, 1.82) is 0 Å². The van der Waals surface area contributed by atoms with Gasteiger partial charge in [0.15, 0.2) is 17.3 Å². The van der Waals surface area contributed by atoms with E-state index >= 15 is 0 Å². The summed E-state index contributed by atoms with van der Waals surface area (Å²) in [5, 5.41) is 4.93. The molecule has 1 atom stereocenters. The molecule has 3 aromatic rings. The van der Waals surface area contributed by atoms with Gasteiger partial charge in [0.2, 0.25) is 0 Å². The molecule has 45 heavy (non-hydrogen) atoms. The van der Waals surface area contributed by atoms with E-state index in [1.807, 2.05) is 43.9 Å². The Morgan fingerprint density at radius 3 is 2.49 bits per heavy atom. The van der Waals surface area contributed by atoms with E-state index in [0.29, 0.717) is 37.2 Å². The number of piperidine rings is 1. The van der Waals surface area contributed by atoms with E-state index in [2.05, 4.69) is 29.3 Å². The van der Waals surface area contributed by atoms with Crippen molar-refractivity contribution in [1.82, 2.24) is 14.8 Å². The summed E-state index contributed by atoms with van der Waals surface area (Å²) in [7, 11) is 1.70. The summed E-state index contributed by atoms with van der Waals surface area (Å²) in [6, 6.07) is 10.5. The maximum atomic E-state index is 12.7. The number of anilines is 1. The van der Waals surface area contributed by atoms with Crippen molar-refractivity contribution in [2.24, 2.45) is 5.41 Å². The molecule has 9 heteroatoms. The van der Waals surface area contributed by atoms with Crippen LogP contribution >= 0.6 is 0 Å². The fourth-order valence-corrected chi connectivity index (χ4v) is 7.10. The number of hydrogen-bond donors (Lipinski definition) is 1. The van der Waals surface area contributed by atoms with E-state index in [-0.39, 0.29) is 11.5 Å². The number of amides is 1. The van der Waals surface area contributed by atoms with Gasteiger partial charge in [-0.2, -0.15) is 0 Å². The first kappa shape index (κ1) is 31.5. The Hall–Kier alpha value is -3.46. The van der Waals surface area contributed by atoms with Gasteiger partial charge in [-0.25, -0.2) is 9.78 Å². The molecule has 2 aliphatic heterocycles. The van der Waals surface area contributed by atoms with E-state index in [9.17, 15) is 4.79 Å². The number of pyridine rings is 1. The van der Waals surface area contributed by atoms with Gasteiger partial charge in [0, 0.05) is 49.2 Å². The molecule has 3 fully saturated rings. The Labute approximate surface area is 267 Å². The number of nitrogens with zero attached hydrogens (tertiary/aromatic N) is 3.